The van der Waals surface area contributed by atoms with Crippen LogP contribution in [0.5, 0.6) is 0 Å². The Morgan fingerprint density at radius 3 is 2.63 bits per heavy atom. The fraction of sp³-hybridized carbons (Fsp3) is 0.200. The number of carbonyl (C=O) groups is 1. The third-order valence-corrected chi connectivity index (χ3v) is 4.68. The van der Waals surface area contributed by atoms with Crippen LogP contribution in [0.15, 0.2) is 54.6 Å². The van der Waals surface area contributed by atoms with Gasteiger partial charge < -0.3 is 10.0 Å². The summed E-state index contributed by atoms with van der Waals surface area (Å²) in [6, 6.07) is 14.5. The summed E-state index contributed by atoms with van der Waals surface area (Å²) < 4.78 is 29.1. The Morgan fingerprint density at radius 2 is 1.85 bits per heavy atom. The Bertz CT molecular complexity index is 988. The van der Waals surface area contributed by atoms with Gasteiger partial charge in [0, 0.05) is 6.54 Å². The molecule has 2 aromatic carbocycles. The number of fused-ring (bicyclic) bond motifs is 1. The zero-order valence-electron chi connectivity index (χ0n) is 14.3. The van der Waals surface area contributed by atoms with Crippen molar-refractivity contribution in [2.24, 2.45) is 0 Å². The number of amides is 1. The number of carbonyl (C=O) groups excluding carboxylic acids is 1. The van der Waals surface area contributed by atoms with Crippen molar-refractivity contribution in [1.29, 1.82) is 0 Å². The molecule has 7 heteroatoms. The Balaban J connectivity index is 1.56. The molecule has 4 rings (SSSR count). The molecule has 0 aliphatic carbocycles. The van der Waals surface area contributed by atoms with E-state index < -0.39 is 23.6 Å². The summed E-state index contributed by atoms with van der Waals surface area (Å²) in [5.41, 5.74) is 1.66. The van der Waals surface area contributed by atoms with E-state index in [0.29, 0.717) is 18.8 Å². The maximum absolute atomic E-state index is 13.9. The van der Waals surface area contributed by atoms with Crippen molar-refractivity contribution in [3.8, 4) is 0 Å². The van der Waals surface area contributed by atoms with Gasteiger partial charge in [-0.1, -0.05) is 36.4 Å². The number of nitrogens with zero attached hydrogens (tertiary/aromatic N) is 3. The molecule has 1 aliphatic rings. The van der Waals surface area contributed by atoms with Gasteiger partial charge in [-0.05, 0) is 23.8 Å². The van der Waals surface area contributed by atoms with Gasteiger partial charge in [-0.2, -0.15) is 5.10 Å². The molecule has 2 heterocycles. The van der Waals surface area contributed by atoms with Crippen LogP contribution in [0.3, 0.4) is 0 Å². The summed E-state index contributed by atoms with van der Waals surface area (Å²) >= 11 is 0. The zero-order chi connectivity index (χ0) is 19.0. The molecule has 0 spiro atoms. The standard InChI is InChI=1S/C20H17F2N3O2/c21-16-8-4-7-15(18(16)22)20(27)24-9-10-25-14(12-24)11-17(23-25)19(26)13-5-2-1-3-6-13/h1-8,11,19,26H,9-10,12H2/t19-/m0/s1. The maximum atomic E-state index is 13.9. The molecule has 5 nitrogen and oxygen atoms in total. The van der Waals surface area contributed by atoms with Gasteiger partial charge in [-0.25, -0.2) is 8.78 Å². The number of aromatic nitrogens is 2. The minimum absolute atomic E-state index is 0.212. The van der Waals surface area contributed by atoms with Gasteiger partial charge in [0.15, 0.2) is 11.6 Å². The van der Waals surface area contributed by atoms with E-state index in [1.807, 2.05) is 30.3 Å². The van der Waals surface area contributed by atoms with Gasteiger partial charge in [0.25, 0.3) is 5.91 Å². The lowest BCUT2D eigenvalue weighted by atomic mass is 10.1. The lowest BCUT2D eigenvalue weighted by Gasteiger charge is -2.27. The van der Waals surface area contributed by atoms with Crippen LogP contribution in [0, 0.1) is 11.6 Å². The molecule has 27 heavy (non-hydrogen) atoms. The highest BCUT2D eigenvalue weighted by Crippen LogP contribution is 2.24. The minimum Gasteiger partial charge on any atom is -0.382 e. The first-order valence-corrected chi connectivity index (χ1v) is 8.57. The highest BCUT2D eigenvalue weighted by atomic mass is 19.2. The summed E-state index contributed by atoms with van der Waals surface area (Å²) in [7, 11) is 0. The van der Waals surface area contributed by atoms with Crippen LogP contribution in [-0.4, -0.2) is 32.2 Å². The van der Waals surface area contributed by atoms with Crippen LogP contribution in [0.2, 0.25) is 0 Å². The van der Waals surface area contributed by atoms with Crippen molar-refractivity contribution >= 4 is 5.91 Å². The molecule has 1 aliphatic heterocycles. The van der Waals surface area contributed by atoms with Crippen molar-refractivity contribution in [3.05, 3.63) is 88.7 Å². The molecule has 138 valence electrons. The number of aliphatic hydroxyl groups excluding tert-OH is 1. The van der Waals surface area contributed by atoms with E-state index >= 15 is 0 Å². The highest BCUT2D eigenvalue weighted by Gasteiger charge is 2.27. The van der Waals surface area contributed by atoms with Crippen LogP contribution >= 0.6 is 0 Å². The maximum Gasteiger partial charge on any atom is 0.257 e. The highest BCUT2D eigenvalue weighted by molar-refractivity contribution is 5.94. The molecule has 0 fully saturated rings. The third kappa shape index (κ3) is 3.21. The Kier molecular flexibility index (Phi) is 4.45. The van der Waals surface area contributed by atoms with E-state index in [1.165, 1.54) is 17.0 Å². The van der Waals surface area contributed by atoms with Gasteiger partial charge in [-0.15, -0.1) is 0 Å². The van der Waals surface area contributed by atoms with Crippen LogP contribution < -0.4 is 0 Å². The SMILES string of the molecule is O=C(c1cccc(F)c1F)N1CCn2nc([C@@H](O)c3ccccc3)cc2C1. The van der Waals surface area contributed by atoms with Gasteiger partial charge >= 0.3 is 0 Å². The average Bonchev–Trinajstić information content (AvgIpc) is 3.13. The van der Waals surface area contributed by atoms with E-state index in [9.17, 15) is 18.7 Å². The summed E-state index contributed by atoms with van der Waals surface area (Å²) in [6.07, 6.45) is -0.867. The normalized spacial score (nSPS) is 14.7. The largest absolute Gasteiger partial charge is 0.382 e. The second-order valence-corrected chi connectivity index (χ2v) is 6.42. The number of halogens is 2. The van der Waals surface area contributed by atoms with Crippen LogP contribution in [0.4, 0.5) is 8.78 Å². The number of aliphatic hydroxyl groups is 1. The lowest BCUT2D eigenvalue weighted by molar-refractivity contribution is 0.0700. The quantitative estimate of drug-likeness (QED) is 0.772. The van der Waals surface area contributed by atoms with Crippen molar-refractivity contribution in [3.63, 3.8) is 0 Å². The molecule has 1 N–H and O–H groups in total. The lowest BCUT2D eigenvalue weighted by Crippen LogP contribution is -2.38. The second kappa shape index (κ2) is 6.92. The minimum atomic E-state index is -1.14. The van der Waals surface area contributed by atoms with E-state index in [0.717, 1.165) is 17.3 Å². The molecular weight excluding hydrogens is 352 g/mol. The Hall–Kier alpha value is -3.06. The fourth-order valence-electron chi connectivity index (χ4n) is 3.24. The van der Waals surface area contributed by atoms with E-state index in [4.69, 9.17) is 0 Å². The first-order chi connectivity index (χ1) is 13.0. The van der Waals surface area contributed by atoms with Gasteiger partial charge in [-0.3, -0.25) is 9.48 Å². The zero-order valence-corrected chi connectivity index (χ0v) is 14.3. The topological polar surface area (TPSA) is 58.4 Å². The molecule has 0 radical (unpaired) electrons. The van der Waals surface area contributed by atoms with Gasteiger partial charge in [0.1, 0.15) is 6.10 Å². The number of rotatable bonds is 3. The first-order valence-electron chi connectivity index (χ1n) is 8.57. The molecule has 3 aromatic rings. The summed E-state index contributed by atoms with van der Waals surface area (Å²) in [5.74, 6) is -2.75. The predicted molar refractivity (Wildman–Crippen MR) is 93.8 cm³/mol. The Labute approximate surface area is 154 Å². The molecular formula is C20H17F2N3O2. The van der Waals surface area contributed by atoms with Crippen molar-refractivity contribution in [2.75, 3.05) is 6.54 Å². The summed E-state index contributed by atoms with van der Waals surface area (Å²) in [4.78, 5) is 14.0. The van der Waals surface area contributed by atoms with Crippen LogP contribution in [0.1, 0.15) is 33.4 Å². The second-order valence-electron chi connectivity index (χ2n) is 6.42. The van der Waals surface area contributed by atoms with Crippen molar-refractivity contribution < 1.29 is 18.7 Å². The van der Waals surface area contributed by atoms with E-state index in [-0.39, 0.29) is 12.1 Å². The third-order valence-electron chi connectivity index (χ3n) is 4.68. The average molecular weight is 369 g/mol. The summed E-state index contributed by atoms with van der Waals surface area (Å²) in [5, 5.41) is 14.9. The van der Waals surface area contributed by atoms with Crippen LogP contribution in [-0.2, 0) is 13.1 Å². The number of hydrogen-bond donors (Lipinski definition) is 1. The fourth-order valence-corrected chi connectivity index (χ4v) is 3.24. The first kappa shape index (κ1) is 17.4. The van der Waals surface area contributed by atoms with Crippen LogP contribution in [0.25, 0.3) is 0 Å². The van der Waals surface area contributed by atoms with Gasteiger partial charge in [0.05, 0.1) is 30.0 Å². The molecule has 1 aromatic heterocycles. The molecule has 1 atom stereocenters. The smallest absolute Gasteiger partial charge is 0.257 e. The summed E-state index contributed by atoms with van der Waals surface area (Å²) in [6.45, 7) is 0.952. The molecule has 0 bridgehead atoms. The molecule has 0 saturated heterocycles. The van der Waals surface area contributed by atoms with Crippen molar-refractivity contribution in [2.45, 2.75) is 19.2 Å². The van der Waals surface area contributed by atoms with E-state index in [2.05, 4.69) is 5.10 Å². The van der Waals surface area contributed by atoms with E-state index in [1.54, 1.807) is 10.7 Å². The number of benzene rings is 2. The monoisotopic (exact) mass is 369 g/mol. The number of hydrogen-bond acceptors (Lipinski definition) is 3. The molecule has 0 saturated carbocycles. The van der Waals surface area contributed by atoms with Gasteiger partial charge in [0.2, 0.25) is 0 Å². The molecule has 1 amide bonds. The van der Waals surface area contributed by atoms with Crippen molar-refractivity contribution in [1.82, 2.24) is 14.7 Å². The Morgan fingerprint density at radius 1 is 1.07 bits per heavy atom. The molecule has 0 unspecified atom stereocenters. The predicted octanol–water partition coefficient (Wildman–Crippen LogP) is 2.90.